The summed E-state index contributed by atoms with van der Waals surface area (Å²) in [6.07, 6.45) is 3.66. The predicted molar refractivity (Wildman–Crippen MR) is 164 cm³/mol. The number of sulfone groups is 1. The van der Waals surface area contributed by atoms with Crippen molar-refractivity contribution in [1.82, 2.24) is 20.1 Å². The van der Waals surface area contributed by atoms with E-state index >= 15 is 0 Å². The summed E-state index contributed by atoms with van der Waals surface area (Å²) < 4.78 is 75.5. The first kappa shape index (κ1) is 33.4. The lowest BCUT2D eigenvalue weighted by Crippen LogP contribution is -2.34. The zero-order valence-corrected chi connectivity index (χ0v) is 26.0. The number of carbonyl (C=O) groups excluding carboxylic acids is 1. The van der Waals surface area contributed by atoms with Gasteiger partial charge < -0.3 is 19.7 Å². The van der Waals surface area contributed by atoms with Gasteiger partial charge in [0.05, 0.1) is 72.7 Å². The first-order valence-electron chi connectivity index (χ1n) is 14.7. The summed E-state index contributed by atoms with van der Waals surface area (Å²) in [5.41, 5.74) is 2.06. The van der Waals surface area contributed by atoms with Crippen molar-refractivity contribution in [3.05, 3.63) is 96.2 Å². The molecule has 1 saturated heterocycles. The Morgan fingerprint density at radius 2 is 1.81 bits per heavy atom. The Hall–Kier alpha value is -4.94. The Balaban J connectivity index is 1.26. The number of rotatable bonds is 13. The summed E-state index contributed by atoms with van der Waals surface area (Å²) in [5.74, 6) is -0.690. The maximum absolute atomic E-state index is 13.3. The van der Waals surface area contributed by atoms with E-state index < -0.39 is 46.4 Å². The van der Waals surface area contributed by atoms with Crippen molar-refractivity contribution in [2.24, 2.45) is 0 Å². The average molecular weight is 669 g/mol. The molecule has 1 fully saturated rings. The molecule has 2 aromatic heterocycles. The van der Waals surface area contributed by atoms with Gasteiger partial charge in [0.2, 0.25) is 5.88 Å². The predicted octanol–water partition coefficient (Wildman–Crippen LogP) is 4.85. The highest BCUT2D eigenvalue weighted by molar-refractivity contribution is 7.91. The Kier molecular flexibility index (Phi) is 10.4. The van der Waals surface area contributed by atoms with Crippen molar-refractivity contribution in [2.75, 3.05) is 23.8 Å². The number of hydrogen-bond acceptors (Lipinski definition) is 9. The van der Waals surface area contributed by atoms with Crippen molar-refractivity contribution in [3.63, 3.8) is 0 Å². The van der Waals surface area contributed by atoms with Crippen LogP contribution in [-0.4, -0.2) is 66.8 Å². The lowest BCUT2D eigenvalue weighted by atomic mass is 10.0. The second kappa shape index (κ2) is 14.7. The van der Waals surface area contributed by atoms with Crippen molar-refractivity contribution in [2.45, 2.75) is 49.5 Å². The van der Waals surface area contributed by atoms with Gasteiger partial charge in [0.25, 0.3) is 5.91 Å². The molecule has 47 heavy (non-hydrogen) atoms. The van der Waals surface area contributed by atoms with E-state index in [-0.39, 0.29) is 23.7 Å². The lowest BCUT2D eigenvalue weighted by Gasteiger charge is -2.26. The third kappa shape index (κ3) is 8.27. The maximum Gasteiger partial charge on any atom is 0.345 e. The zero-order valence-electron chi connectivity index (χ0n) is 25.2. The van der Waals surface area contributed by atoms with Crippen LogP contribution in [0.15, 0.2) is 84.1 Å². The fourth-order valence-corrected chi connectivity index (χ4v) is 6.16. The molecule has 0 spiro atoms. The van der Waals surface area contributed by atoms with Crippen LogP contribution in [0.5, 0.6) is 5.88 Å². The molecule has 0 unspecified atom stereocenters. The second-order valence-electron chi connectivity index (χ2n) is 10.7. The smallest absolute Gasteiger partial charge is 0.345 e. The largest absolute Gasteiger partial charge is 0.472 e. The number of pyridine rings is 1. The van der Waals surface area contributed by atoms with E-state index in [4.69, 9.17) is 4.74 Å². The normalized spacial score (nSPS) is 17.0. The number of nitriles is 1. The molecule has 0 radical (unpaired) electrons. The Labute approximate surface area is 269 Å². The molecule has 1 N–H and O–H groups in total. The van der Waals surface area contributed by atoms with Crippen molar-refractivity contribution in [1.29, 1.82) is 5.26 Å². The molecule has 11 nitrogen and oxygen atoms in total. The van der Waals surface area contributed by atoms with Crippen LogP contribution in [0.4, 0.5) is 18.9 Å². The highest BCUT2D eigenvalue weighted by Crippen LogP contribution is 2.29. The molecule has 0 bridgehead atoms. The Morgan fingerprint density at radius 3 is 2.40 bits per heavy atom. The van der Waals surface area contributed by atoms with Gasteiger partial charge in [-0.25, -0.2) is 22.5 Å². The quantitative estimate of drug-likeness (QED) is 0.212. The molecule has 3 heterocycles. The van der Waals surface area contributed by atoms with Crippen molar-refractivity contribution >= 4 is 21.4 Å². The lowest BCUT2D eigenvalue weighted by molar-refractivity contribution is -0.131. The number of halogens is 3. The van der Waals surface area contributed by atoms with Crippen LogP contribution < -0.4 is 15.0 Å². The van der Waals surface area contributed by atoms with Gasteiger partial charge in [-0.05, 0) is 48.0 Å². The van der Waals surface area contributed by atoms with E-state index in [1.807, 2.05) is 11.0 Å². The highest BCUT2D eigenvalue weighted by Gasteiger charge is 2.35. The number of alkyl halides is 2. The van der Waals surface area contributed by atoms with Gasteiger partial charge in [0.15, 0.2) is 15.7 Å². The molecule has 3 atom stereocenters. The average Bonchev–Trinajstić information content (AvgIpc) is 3.69. The first-order valence-corrected chi connectivity index (χ1v) is 16.3. The van der Waals surface area contributed by atoms with Crippen LogP contribution in [0.1, 0.15) is 41.7 Å². The molecule has 0 saturated carbocycles. The minimum atomic E-state index is -3.40. The number of nitrogens with one attached hydrogen (secondary N) is 1. The van der Waals surface area contributed by atoms with Crippen LogP contribution in [0, 0.1) is 17.1 Å². The van der Waals surface area contributed by atoms with Gasteiger partial charge in [-0.2, -0.15) is 19.1 Å². The van der Waals surface area contributed by atoms with Gasteiger partial charge in [-0.1, -0.05) is 19.1 Å². The molecule has 246 valence electrons. The van der Waals surface area contributed by atoms with Crippen LogP contribution in [0.25, 0.3) is 5.69 Å². The van der Waals surface area contributed by atoms with Crippen LogP contribution >= 0.6 is 0 Å². The summed E-state index contributed by atoms with van der Waals surface area (Å²) in [4.78, 5) is 19.4. The maximum atomic E-state index is 13.3. The van der Waals surface area contributed by atoms with Gasteiger partial charge in [0.1, 0.15) is 6.10 Å². The van der Waals surface area contributed by atoms with E-state index in [2.05, 4.69) is 20.1 Å². The molecule has 1 aliphatic rings. The third-order valence-corrected chi connectivity index (χ3v) is 9.45. The topological polar surface area (TPSA) is 139 Å². The van der Waals surface area contributed by atoms with E-state index in [0.717, 1.165) is 6.20 Å². The number of ether oxygens (including phenoxy) is 2. The fraction of sp³-hybridized carbons (Fsp3) is 0.312. The Bertz CT molecular complexity index is 1810. The fourth-order valence-electron chi connectivity index (χ4n) is 5.27. The van der Waals surface area contributed by atoms with Gasteiger partial charge in [-0.15, -0.1) is 0 Å². The molecule has 4 aromatic rings. The van der Waals surface area contributed by atoms with E-state index in [1.54, 1.807) is 55.5 Å². The summed E-state index contributed by atoms with van der Waals surface area (Å²) >= 11 is 0. The molecule has 15 heteroatoms. The molecule has 5 rings (SSSR count). The minimum absolute atomic E-state index is 0.0376. The van der Waals surface area contributed by atoms with E-state index in [9.17, 15) is 31.6 Å². The minimum Gasteiger partial charge on any atom is -0.472 e. The summed E-state index contributed by atoms with van der Waals surface area (Å²) in [7, 11) is -3.40. The van der Waals surface area contributed by atoms with Crippen LogP contribution in [0.3, 0.4) is 0 Å². The highest BCUT2D eigenvalue weighted by atomic mass is 32.2. The van der Waals surface area contributed by atoms with Gasteiger partial charge in [0, 0.05) is 23.7 Å². The zero-order chi connectivity index (χ0) is 33.6. The SMILES string of the molecule is CCS(=O)(=O)c1ccc([C@H](CC#N)NC(=O)c2ccc(N3C[C@@H](Oc4ccc(-n5cc(F)cn5)cn4)C[C@H]3COC(F)F)cc2)cc1. The monoisotopic (exact) mass is 668 g/mol. The molecule has 1 aliphatic heterocycles. The number of carbonyl (C=O) groups is 1. The van der Waals surface area contributed by atoms with Crippen LogP contribution in [-0.2, 0) is 14.6 Å². The summed E-state index contributed by atoms with van der Waals surface area (Å²) in [6.45, 7) is -1.33. The number of hydrogen-bond donors (Lipinski definition) is 1. The third-order valence-electron chi connectivity index (χ3n) is 7.70. The standard InChI is InChI=1S/C32H31F3N6O5S/c1-2-47(43,44)28-10-5-21(6-11-28)29(13-14-36)39-31(42)22-3-7-24(8-4-22)40-19-27(15-26(40)20-45-32(34)35)46-30-12-9-25(17-37-30)41-18-23(33)16-38-41/h3-12,16-18,26-27,29,32H,2,13,15,19-20H2,1H3,(H,39,42)/t26-,27-,29-/m0/s1. The summed E-state index contributed by atoms with van der Waals surface area (Å²) in [5, 5.41) is 16.1. The van der Waals surface area contributed by atoms with Crippen molar-refractivity contribution < 1.29 is 35.9 Å². The van der Waals surface area contributed by atoms with Crippen LogP contribution in [0.2, 0.25) is 0 Å². The molecular weight excluding hydrogens is 637 g/mol. The number of benzene rings is 2. The summed E-state index contributed by atoms with van der Waals surface area (Å²) in [6, 6.07) is 16.8. The molecule has 2 aromatic carbocycles. The molecular formula is C32H31F3N6O5S. The van der Waals surface area contributed by atoms with Gasteiger partial charge in [-0.3, -0.25) is 4.79 Å². The molecule has 1 amide bonds. The van der Waals surface area contributed by atoms with Gasteiger partial charge >= 0.3 is 6.61 Å². The van der Waals surface area contributed by atoms with E-state index in [0.29, 0.717) is 41.3 Å². The molecule has 0 aliphatic carbocycles. The first-order chi connectivity index (χ1) is 22.6. The number of aromatic nitrogens is 3. The Morgan fingerprint density at radius 1 is 1.09 bits per heavy atom. The number of nitrogens with zero attached hydrogens (tertiary/aromatic N) is 5. The van der Waals surface area contributed by atoms with Crippen molar-refractivity contribution in [3.8, 4) is 17.6 Å². The number of anilines is 1. The second-order valence-corrected chi connectivity index (χ2v) is 13.0. The van der Waals surface area contributed by atoms with E-state index in [1.165, 1.54) is 29.2 Å². The number of amides is 1.